The molecule has 1 aromatic carbocycles. The summed E-state index contributed by atoms with van der Waals surface area (Å²) in [6.07, 6.45) is 1.67. The largest absolute Gasteiger partial charge is 0.454 e. The Morgan fingerprint density at radius 1 is 1.22 bits per heavy atom. The number of sulfonamides is 1. The van der Waals surface area contributed by atoms with Crippen LogP contribution in [0, 0.1) is 5.82 Å². The zero-order valence-electron chi connectivity index (χ0n) is 13.7. The maximum absolute atomic E-state index is 14.1. The zero-order chi connectivity index (χ0) is 20.6. The Bertz CT molecular complexity index is 1010. The van der Waals surface area contributed by atoms with Gasteiger partial charge < -0.3 is 4.74 Å². The Labute approximate surface area is 162 Å². The van der Waals surface area contributed by atoms with Gasteiger partial charge in [0.05, 0.1) is 28.1 Å². The number of alkyl halides is 2. The Morgan fingerprint density at radius 2 is 1.85 bits per heavy atom. The van der Waals surface area contributed by atoms with Crippen molar-refractivity contribution >= 4 is 39.1 Å². The number of hydrogen-bond donors (Lipinski definition) is 1. The minimum atomic E-state index is -3.91. The summed E-state index contributed by atoms with van der Waals surface area (Å²) in [4.78, 5) is 15.3. The molecule has 0 aliphatic heterocycles. The van der Waals surface area contributed by atoms with Crippen LogP contribution in [0.2, 0.25) is 10.0 Å². The van der Waals surface area contributed by atoms with Gasteiger partial charge in [-0.15, -0.1) is 0 Å². The molecule has 0 bridgehead atoms. The third kappa shape index (κ3) is 5.47. The highest BCUT2D eigenvalue weighted by Crippen LogP contribution is 2.36. The van der Waals surface area contributed by atoms with Gasteiger partial charge in [-0.05, 0) is 6.07 Å². The van der Waals surface area contributed by atoms with Crippen molar-refractivity contribution in [1.29, 1.82) is 0 Å². The summed E-state index contributed by atoms with van der Waals surface area (Å²) in [7, 11) is -3.91. The Balaban J connectivity index is 2.32. The lowest BCUT2D eigenvalue weighted by Gasteiger charge is -2.13. The monoisotopic (exact) mass is 442 g/mol. The summed E-state index contributed by atoms with van der Waals surface area (Å²) >= 11 is 11.7. The molecule has 12 heteroatoms. The van der Waals surface area contributed by atoms with Crippen LogP contribution in [-0.2, 0) is 15.9 Å². The van der Waals surface area contributed by atoms with Crippen LogP contribution in [0.15, 0.2) is 24.4 Å². The van der Waals surface area contributed by atoms with Crippen molar-refractivity contribution in [2.45, 2.75) is 12.8 Å². The first-order chi connectivity index (χ1) is 12.3. The zero-order valence-corrected chi connectivity index (χ0v) is 16.0. The van der Waals surface area contributed by atoms with E-state index in [9.17, 15) is 26.4 Å². The highest BCUT2D eigenvalue weighted by Gasteiger charge is 2.29. The van der Waals surface area contributed by atoms with Gasteiger partial charge in [0, 0.05) is 19.1 Å². The van der Waals surface area contributed by atoms with E-state index in [0.717, 1.165) is 30.7 Å². The van der Waals surface area contributed by atoms with Gasteiger partial charge in [0.1, 0.15) is 23.0 Å². The Kier molecular flexibility index (Phi) is 5.93. The van der Waals surface area contributed by atoms with Gasteiger partial charge in [-0.2, -0.15) is 8.78 Å². The molecule has 0 radical (unpaired) electrons. The number of carbonyl (C=O) groups excluding carboxylic acids is 1. The standard InChI is InChI=1S/C15H11Cl2F3N2O4S/c1-15(19,20)13-10(17)3-7(6-21-13)26-12-5-11(18)8(4-9(12)16)14(23)22-27(2,24)25/h3-6H,1-2H3,(H,22,23). The van der Waals surface area contributed by atoms with E-state index in [1.165, 1.54) is 0 Å². The van der Waals surface area contributed by atoms with Crippen molar-refractivity contribution in [1.82, 2.24) is 9.71 Å². The van der Waals surface area contributed by atoms with Gasteiger partial charge in [0.2, 0.25) is 10.0 Å². The number of benzene rings is 1. The lowest BCUT2D eigenvalue weighted by Crippen LogP contribution is -2.30. The topological polar surface area (TPSA) is 85.4 Å². The summed E-state index contributed by atoms with van der Waals surface area (Å²) in [6.45, 7) is 0.619. The highest BCUT2D eigenvalue weighted by molar-refractivity contribution is 7.89. The highest BCUT2D eigenvalue weighted by atomic mass is 35.5. The smallest absolute Gasteiger partial charge is 0.288 e. The van der Waals surface area contributed by atoms with E-state index in [2.05, 4.69) is 4.98 Å². The number of amides is 1. The molecule has 1 aromatic heterocycles. The molecular formula is C15H11Cl2F3N2O4S. The molecule has 1 amide bonds. The van der Waals surface area contributed by atoms with Crippen LogP contribution in [0.4, 0.5) is 13.2 Å². The number of pyridine rings is 1. The first kappa shape index (κ1) is 21.3. The predicted molar refractivity (Wildman–Crippen MR) is 92.6 cm³/mol. The second-order valence-electron chi connectivity index (χ2n) is 5.46. The first-order valence-corrected chi connectivity index (χ1v) is 9.65. The van der Waals surface area contributed by atoms with Crippen molar-refractivity contribution in [3.8, 4) is 11.5 Å². The Morgan fingerprint density at radius 3 is 2.37 bits per heavy atom. The lowest BCUT2D eigenvalue weighted by atomic mass is 10.2. The van der Waals surface area contributed by atoms with Gasteiger partial charge in [-0.1, -0.05) is 23.2 Å². The molecule has 2 aromatic rings. The van der Waals surface area contributed by atoms with E-state index >= 15 is 0 Å². The number of carbonyl (C=O) groups is 1. The number of halogens is 5. The van der Waals surface area contributed by atoms with E-state index in [4.69, 9.17) is 27.9 Å². The van der Waals surface area contributed by atoms with Crippen LogP contribution in [0.5, 0.6) is 11.5 Å². The maximum atomic E-state index is 14.1. The molecule has 0 atom stereocenters. The van der Waals surface area contributed by atoms with Crippen molar-refractivity contribution in [3.63, 3.8) is 0 Å². The average Bonchev–Trinajstić information content (AvgIpc) is 2.47. The summed E-state index contributed by atoms with van der Waals surface area (Å²) in [6, 6.07) is 2.63. The third-order valence-electron chi connectivity index (χ3n) is 3.00. The second-order valence-corrected chi connectivity index (χ2v) is 8.02. The quantitative estimate of drug-likeness (QED) is 0.752. The van der Waals surface area contributed by atoms with E-state index in [1.807, 2.05) is 0 Å². The number of rotatable bonds is 5. The normalized spacial score (nSPS) is 12.0. The fraction of sp³-hybridized carbons (Fsp3) is 0.200. The van der Waals surface area contributed by atoms with E-state index in [1.54, 1.807) is 4.72 Å². The van der Waals surface area contributed by atoms with Crippen molar-refractivity contribution in [2.75, 3.05) is 6.26 Å². The van der Waals surface area contributed by atoms with E-state index in [-0.39, 0.29) is 21.5 Å². The van der Waals surface area contributed by atoms with Crippen molar-refractivity contribution in [2.24, 2.45) is 0 Å². The summed E-state index contributed by atoms with van der Waals surface area (Å²) in [5.74, 6) is -5.98. The molecule has 0 saturated heterocycles. The second kappa shape index (κ2) is 7.53. The number of ether oxygens (including phenoxy) is 1. The van der Waals surface area contributed by atoms with E-state index < -0.39 is 38.9 Å². The molecule has 146 valence electrons. The van der Waals surface area contributed by atoms with Gasteiger partial charge in [0.15, 0.2) is 0 Å². The SMILES string of the molecule is CC(F)(F)c1ncc(Oc2cc(F)c(C(=O)NS(C)(=O)=O)cc2Cl)cc1Cl. The van der Waals surface area contributed by atoms with Crippen molar-refractivity contribution < 1.29 is 31.1 Å². The lowest BCUT2D eigenvalue weighted by molar-refractivity contribution is 0.0128. The first-order valence-electron chi connectivity index (χ1n) is 7.01. The fourth-order valence-electron chi connectivity index (χ4n) is 1.93. The van der Waals surface area contributed by atoms with E-state index in [0.29, 0.717) is 6.92 Å². The van der Waals surface area contributed by atoms with Gasteiger partial charge >= 0.3 is 0 Å². The fourth-order valence-corrected chi connectivity index (χ4v) is 2.90. The maximum Gasteiger partial charge on any atom is 0.288 e. The summed E-state index contributed by atoms with van der Waals surface area (Å²) in [5.41, 5.74) is -1.29. The molecule has 2 rings (SSSR count). The van der Waals surface area contributed by atoms with Crippen LogP contribution in [-0.4, -0.2) is 25.6 Å². The van der Waals surface area contributed by atoms with Crippen LogP contribution in [0.3, 0.4) is 0 Å². The van der Waals surface area contributed by atoms with Crippen LogP contribution < -0.4 is 9.46 Å². The minimum Gasteiger partial charge on any atom is -0.454 e. The molecule has 0 aliphatic rings. The minimum absolute atomic E-state index is 0.109. The third-order valence-corrected chi connectivity index (χ3v) is 4.14. The summed E-state index contributed by atoms with van der Waals surface area (Å²) in [5, 5.41) is -0.614. The van der Waals surface area contributed by atoms with Gasteiger partial charge in [-0.3, -0.25) is 4.79 Å². The molecule has 1 N–H and O–H groups in total. The number of aromatic nitrogens is 1. The number of hydrogen-bond acceptors (Lipinski definition) is 5. The van der Waals surface area contributed by atoms with Gasteiger partial charge in [0.25, 0.3) is 11.8 Å². The molecule has 0 unspecified atom stereocenters. The molecule has 27 heavy (non-hydrogen) atoms. The van der Waals surface area contributed by atoms with Crippen LogP contribution in [0.25, 0.3) is 0 Å². The number of nitrogens with zero attached hydrogens (tertiary/aromatic N) is 1. The Hall–Kier alpha value is -2.04. The molecule has 0 aliphatic carbocycles. The van der Waals surface area contributed by atoms with Crippen LogP contribution >= 0.6 is 23.2 Å². The van der Waals surface area contributed by atoms with Crippen molar-refractivity contribution in [3.05, 3.63) is 51.5 Å². The molecule has 0 spiro atoms. The predicted octanol–water partition coefficient (Wildman–Crippen LogP) is 4.12. The molecular weight excluding hydrogens is 432 g/mol. The molecule has 0 saturated carbocycles. The molecule has 6 nitrogen and oxygen atoms in total. The molecule has 0 fully saturated rings. The number of nitrogens with one attached hydrogen (secondary N) is 1. The summed E-state index contributed by atoms with van der Waals surface area (Å²) < 4.78 is 69.7. The molecule has 1 heterocycles. The average molecular weight is 443 g/mol. The van der Waals surface area contributed by atoms with Gasteiger partial charge in [-0.25, -0.2) is 22.5 Å². The van der Waals surface area contributed by atoms with Crippen LogP contribution in [0.1, 0.15) is 23.0 Å².